The summed E-state index contributed by atoms with van der Waals surface area (Å²) in [5.74, 6) is -0.342. The Hall–Kier alpha value is -3.76. The highest BCUT2D eigenvalue weighted by Gasteiger charge is 2.18. The van der Waals surface area contributed by atoms with Crippen LogP contribution in [0.25, 0.3) is 21.9 Å². The van der Waals surface area contributed by atoms with Crippen molar-refractivity contribution in [3.63, 3.8) is 0 Å². The third-order valence-electron chi connectivity index (χ3n) is 7.08. The molecule has 0 spiro atoms. The topological polar surface area (TPSA) is 91.4 Å². The molecule has 3 heterocycles. The summed E-state index contributed by atoms with van der Waals surface area (Å²) in [6.45, 7) is 8.23. The number of benzene rings is 2. The predicted octanol–water partition coefficient (Wildman–Crippen LogP) is 4.52. The molecule has 5 rings (SSSR count). The molecular formula is C28H31N5O2. The lowest BCUT2D eigenvalue weighted by atomic mass is 10.0. The van der Waals surface area contributed by atoms with Gasteiger partial charge in [0.05, 0.1) is 11.6 Å². The van der Waals surface area contributed by atoms with Gasteiger partial charge in [-0.25, -0.2) is 0 Å². The van der Waals surface area contributed by atoms with E-state index in [0.29, 0.717) is 5.58 Å². The zero-order valence-electron chi connectivity index (χ0n) is 20.2. The number of nitrogens with two attached hydrogens (primary N) is 1. The number of hydrogen-bond acceptors (Lipinski definition) is 5. The minimum atomic E-state index is -0.542. The number of nitriles is 1. The van der Waals surface area contributed by atoms with Crippen LogP contribution in [0.5, 0.6) is 0 Å². The molecule has 0 unspecified atom stereocenters. The Bertz CT molecular complexity index is 1400. The number of nitrogens with zero attached hydrogens (tertiary/aromatic N) is 4. The number of carbonyl (C=O) groups excluding carboxylic acids is 1. The number of aryl methyl sites for hydroxylation is 2. The van der Waals surface area contributed by atoms with Crippen LogP contribution in [0.15, 0.2) is 53.1 Å². The molecule has 1 amide bonds. The van der Waals surface area contributed by atoms with Crippen LogP contribution < -0.4 is 10.6 Å². The second-order valence-electron chi connectivity index (χ2n) is 9.27. The molecule has 180 valence electrons. The zero-order valence-corrected chi connectivity index (χ0v) is 20.2. The van der Waals surface area contributed by atoms with Gasteiger partial charge in [0.15, 0.2) is 5.76 Å². The molecule has 1 aliphatic rings. The number of aromatic nitrogens is 1. The van der Waals surface area contributed by atoms with Crippen molar-refractivity contribution < 1.29 is 9.21 Å². The molecule has 0 radical (unpaired) electrons. The van der Waals surface area contributed by atoms with E-state index in [0.717, 1.165) is 75.2 Å². The zero-order chi connectivity index (χ0) is 24.4. The molecule has 0 saturated carbocycles. The number of furan rings is 1. The summed E-state index contributed by atoms with van der Waals surface area (Å²) < 4.78 is 7.78. The molecule has 0 aliphatic carbocycles. The van der Waals surface area contributed by atoms with Gasteiger partial charge in [0.1, 0.15) is 5.58 Å². The number of rotatable bonds is 8. The fourth-order valence-corrected chi connectivity index (χ4v) is 5.13. The van der Waals surface area contributed by atoms with Crippen molar-refractivity contribution in [2.24, 2.45) is 5.73 Å². The number of amides is 1. The monoisotopic (exact) mass is 469 g/mol. The van der Waals surface area contributed by atoms with E-state index in [4.69, 9.17) is 10.2 Å². The van der Waals surface area contributed by atoms with Gasteiger partial charge >= 0.3 is 0 Å². The van der Waals surface area contributed by atoms with Crippen molar-refractivity contribution in [3.8, 4) is 6.07 Å². The molecular weight excluding hydrogens is 438 g/mol. The lowest BCUT2D eigenvalue weighted by molar-refractivity contribution is 0.0976. The van der Waals surface area contributed by atoms with Gasteiger partial charge in [-0.3, -0.25) is 9.69 Å². The molecule has 1 saturated heterocycles. The maximum absolute atomic E-state index is 11.4. The van der Waals surface area contributed by atoms with Crippen LogP contribution in [-0.4, -0.2) is 48.1 Å². The first-order valence-electron chi connectivity index (χ1n) is 12.4. The Morgan fingerprint density at radius 1 is 1.09 bits per heavy atom. The molecule has 1 aliphatic heterocycles. The Labute approximate surface area is 205 Å². The summed E-state index contributed by atoms with van der Waals surface area (Å²) in [5.41, 5.74) is 10.5. The van der Waals surface area contributed by atoms with Gasteiger partial charge in [-0.15, -0.1) is 0 Å². The average Bonchev–Trinajstić information content (AvgIpc) is 3.47. The maximum atomic E-state index is 11.4. The van der Waals surface area contributed by atoms with Gasteiger partial charge in [0.2, 0.25) is 0 Å². The molecule has 2 N–H and O–H groups in total. The van der Waals surface area contributed by atoms with E-state index in [-0.39, 0.29) is 5.76 Å². The second kappa shape index (κ2) is 9.85. The number of anilines is 1. The molecule has 4 aromatic rings. The summed E-state index contributed by atoms with van der Waals surface area (Å²) in [7, 11) is 0. The molecule has 2 aromatic carbocycles. The summed E-state index contributed by atoms with van der Waals surface area (Å²) in [4.78, 5) is 16.3. The van der Waals surface area contributed by atoms with Gasteiger partial charge in [0, 0.05) is 60.9 Å². The smallest absolute Gasteiger partial charge is 0.284 e. The number of primary amides is 1. The minimum absolute atomic E-state index is 0.201. The van der Waals surface area contributed by atoms with Crippen molar-refractivity contribution >= 4 is 33.5 Å². The van der Waals surface area contributed by atoms with Gasteiger partial charge in [-0.05, 0) is 80.8 Å². The Morgan fingerprint density at radius 2 is 1.91 bits per heavy atom. The number of piperazine rings is 1. The van der Waals surface area contributed by atoms with Crippen LogP contribution in [0.3, 0.4) is 0 Å². The lowest BCUT2D eigenvalue weighted by Gasteiger charge is -2.36. The number of hydrogen-bond donors (Lipinski definition) is 1. The Morgan fingerprint density at radius 3 is 2.66 bits per heavy atom. The molecule has 7 heteroatoms. The van der Waals surface area contributed by atoms with E-state index in [1.807, 2.05) is 18.2 Å². The van der Waals surface area contributed by atoms with Gasteiger partial charge in [0.25, 0.3) is 5.91 Å². The first-order valence-corrected chi connectivity index (χ1v) is 12.4. The normalized spacial score (nSPS) is 14.6. The first-order chi connectivity index (χ1) is 17.1. The fraction of sp³-hybridized carbons (Fsp3) is 0.357. The van der Waals surface area contributed by atoms with E-state index in [1.54, 1.807) is 6.07 Å². The quantitative estimate of drug-likeness (QED) is 0.383. The third kappa shape index (κ3) is 4.75. The molecule has 1 fully saturated rings. The van der Waals surface area contributed by atoms with Crippen LogP contribution in [0.2, 0.25) is 0 Å². The predicted molar refractivity (Wildman–Crippen MR) is 139 cm³/mol. The lowest BCUT2D eigenvalue weighted by Crippen LogP contribution is -2.46. The van der Waals surface area contributed by atoms with Gasteiger partial charge in [-0.1, -0.05) is 0 Å². The van der Waals surface area contributed by atoms with E-state index < -0.39 is 5.91 Å². The SMILES string of the molecule is CCn1cc(CCCCN2CCN(c3ccc4oc(C(N)=O)cc4c3)CC2)c2cc(C#N)ccc21. The highest BCUT2D eigenvalue weighted by molar-refractivity contribution is 5.95. The maximum Gasteiger partial charge on any atom is 0.284 e. The Kier molecular flexibility index (Phi) is 6.47. The van der Waals surface area contributed by atoms with Crippen molar-refractivity contribution in [3.05, 3.63) is 65.5 Å². The van der Waals surface area contributed by atoms with Gasteiger partial charge < -0.3 is 19.6 Å². The molecule has 0 bridgehead atoms. The van der Waals surface area contributed by atoms with E-state index in [2.05, 4.69) is 51.8 Å². The van der Waals surface area contributed by atoms with Gasteiger partial charge in [-0.2, -0.15) is 5.26 Å². The van der Waals surface area contributed by atoms with Crippen LogP contribution >= 0.6 is 0 Å². The molecule has 0 atom stereocenters. The first kappa shape index (κ1) is 23.0. The summed E-state index contributed by atoms with van der Waals surface area (Å²) in [6, 6.07) is 16.0. The van der Waals surface area contributed by atoms with E-state index in [1.165, 1.54) is 16.5 Å². The summed E-state index contributed by atoms with van der Waals surface area (Å²) >= 11 is 0. The van der Waals surface area contributed by atoms with Crippen LogP contribution in [0, 0.1) is 11.3 Å². The van der Waals surface area contributed by atoms with E-state index >= 15 is 0 Å². The average molecular weight is 470 g/mol. The van der Waals surface area contributed by atoms with Crippen LogP contribution in [0.1, 0.15) is 41.4 Å². The van der Waals surface area contributed by atoms with E-state index in [9.17, 15) is 10.1 Å². The standard InChI is InChI=1S/C28H31N5O2/c1-2-32-19-21(24-15-20(18-29)6-8-25(24)32)5-3-4-10-31-11-13-33(14-12-31)23-7-9-26-22(16-23)17-27(35-26)28(30)34/h6-9,15-17,19H,2-5,10-14H2,1H3,(H2,30,34). The summed E-state index contributed by atoms with van der Waals surface area (Å²) in [5, 5.41) is 11.4. The van der Waals surface area contributed by atoms with Crippen molar-refractivity contribution in [2.45, 2.75) is 32.7 Å². The van der Waals surface area contributed by atoms with Crippen LogP contribution in [0.4, 0.5) is 5.69 Å². The van der Waals surface area contributed by atoms with Crippen molar-refractivity contribution in [2.75, 3.05) is 37.6 Å². The van der Waals surface area contributed by atoms with Crippen molar-refractivity contribution in [1.82, 2.24) is 9.47 Å². The van der Waals surface area contributed by atoms with Crippen LogP contribution in [-0.2, 0) is 13.0 Å². The highest BCUT2D eigenvalue weighted by atomic mass is 16.3. The minimum Gasteiger partial charge on any atom is -0.451 e. The molecule has 7 nitrogen and oxygen atoms in total. The number of unbranched alkanes of at least 4 members (excludes halogenated alkanes) is 1. The number of carbonyl (C=O) groups is 1. The fourth-order valence-electron chi connectivity index (χ4n) is 5.13. The summed E-state index contributed by atoms with van der Waals surface area (Å²) in [6.07, 6.45) is 5.59. The Balaban J connectivity index is 1.13. The number of fused-ring (bicyclic) bond motifs is 2. The van der Waals surface area contributed by atoms with Crippen molar-refractivity contribution in [1.29, 1.82) is 5.26 Å². The largest absolute Gasteiger partial charge is 0.451 e. The molecule has 2 aromatic heterocycles. The second-order valence-corrected chi connectivity index (χ2v) is 9.27. The third-order valence-corrected chi connectivity index (χ3v) is 7.08. The highest BCUT2D eigenvalue weighted by Crippen LogP contribution is 2.27. The molecule has 35 heavy (non-hydrogen) atoms.